The van der Waals surface area contributed by atoms with E-state index in [0.717, 1.165) is 39.3 Å². The number of ether oxygens (including phenoxy) is 2. The first-order valence-electron chi connectivity index (χ1n) is 10.7. The predicted molar refractivity (Wildman–Crippen MR) is 126 cm³/mol. The molecule has 0 bridgehead atoms. The van der Waals surface area contributed by atoms with Gasteiger partial charge >= 0.3 is 0 Å². The number of rotatable bonds is 5. The van der Waals surface area contributed by atoms with Crippen LogP contribution in [0.1, 0.15) is 24.0 Å². The first-order chi connectivity index (χ1) is 16.2. The SMILES string of the molecule is CCOc1ccc(-c2[nH]nc3c2[C@@H](c2ccc(-c4ccccc4)cc2)C(C#N)=C(N)O3)cc1. The fourth-order valence-electron chi connectivity index (χ4n) is 4.18. The Morgan fingerprint density at radius 3 is 2.30 bits per heavy atom. The third kappa shape index (κ3) is 3.70. The van der Waals surface area contributed by atoms with Crippen LogP contribution < -0.4 is 15.2 Å². The second-order valence-electron chi connectivity index (χ2n) is 7.69. The molecule has 0 spiro atoms. The van der Waals surface area contributed by atoms with E-state index in [-0.39, 0.29) is 5.88 Å². The number of nitriles is 1. The number of hydrogen-bond acceptors (Lipinski definition) is 5. The Labute approximate surface area is 191 Å². The van der Waals surface area contributed by atoms with Crippen LogP contribution in [-0.2, 0) is 0 Å². The molecule has 6 nitrogen and oxygen atoms in total. The molecular weight excluding hydrogens is 412 g/mol. The van der Waals surface area contributed by atoms with Gasteiger partial charge in [-0.3, -0.25) is 5.10 Å². The van der Waals surface area contributed by atoms with Crippen molar-refractivity contribution in [2.24, 2.45) is 5.73 Å². The molecule has 33 heavy (non-hydrogen) atoms. The largest absolute Gasteiger partial charge is 0.494 e. The number of aromatic nitrogens is 2. The van der Waals surface area contributed by atoms with Gasteiger partial charge in [-0.25, -0.2) is 0 Å². The van der Waals surface area contributed by atoms with E-state index in [2.05, 4.69) is 40.5 Å². The first-order valence-corrected chi connectivity index (χ1v) is 10.7. The van der Waals surface area contributed by atoms with Crippen molar-refractivity contribution in [3.05, 3.63) is 101 Å². The summed E-state index contributed by atoms with van der Waals surface area (Å²) < 4.78 is 11.3. The molecule has 5 rings (SSSR count). The molecule has 0 amide bonds. The molecule has 0 fully saturated rings. The van der Waals surface area contributed by atoms with Crippen molar-refractivity contribution in [3.8, 4) is 40.1 Å². The van der Waals surface area contributed by atoms with Crippen LogP contribution >= 0.6 is 0 Å². The molecule has 6 heteroatoms. The number of allylic oxidation sites excluding steroid dienone is 1. The summed E-state index contributed by atoms with van der Waals surface area (Å²) in [5, 5.41) is 17.4. The van der Waals surface area contributed by atoms with Gasteiger partial charge in [0.1, 0.15) is 17.4 Å². The Hall–Kier alpha value is -4.50. The molecule has 1 aromatic heterocycles. The van der Waals surface area contributed by atoms with Gasteiger partial charge in [-0.05, 0) is 47.9 Å². The molecular formula is C27H22N4O2. The molecule has 0 saturated carbocycles. The lowest BCUT2D eigenvalue weighted by molar-refractivity contribution is 0.340. The maximum Gasteiger partial charge on any atom is 0.244 e. The Balaban J connectivity index is 1.59. The van der Waals surface area contributed by atoms with Crippen LogP contribution in [0.4, 0.5) is 0 Å². The maximum absolute atomic E-state index is 9.93. The van der Waals surface area contributed by atoms with E-state index in [9.17, 15) is 5.26 Å². The van der Waals surface area contributed by atoms with Gasteiger partial charge < -0.3 is 15.2 Å². The molecule has 1 atom stereocenters. The van der Waals surface area contributed by atoms with E-state index in [1.54, 1.807) is 0 Å². The van der Waals surface area contributed by atoms with Gasteiger partial charge in [0.05, 0.1) is 23.8 Å². The Morgan fingerprint density at radius 1 is 0.970 bits per heavy atom. The number of nitrogens with two attached hydrogens (primary N) is 1. The summed E-state index contributed by atoms with van der Waals surface area (Å²) in [5.74, 6) is 0.851. The van der Waals surface area contributed by atoms with Gasteiger partial charge in [-0.15, -0.1) is 5.10 Å². The molecule has 0 unspecified atom stereocenters. The predicted octanol–water partition coefficient (Wildman–Crippen LogP) is 5.36. The minimum Gasteiger partial charge on any atom is -0.494 e. The summed E-state index contributed by atoms with van der Waals surface area (Å²) in [5.41, 5.74) is 12.1. The average Bonchev–Trinajstić information content (AvgIpc) is 3.28. The molecule has 4 aromatic rings. The van der Waals surface area contributed by atoms with Gasteiger partial charge in [0.25, 0.3) is 0 Å². The Bertz CT molecular complexity index is 1350. The van der Waals surface area contributed by atoms with E-state index in [1.165, 1.54) is 0 Å². The number of H-pyrrole nitrogens is 1. The second kappa shape index (κ2) is 8.56. The summed E-state index contributed by atoms with van der Waals surface area (Å²) in [6, 6.07) is 28.3. The highest BCUT2D eigenvalue weighted by molar-refractivity contribution is 5.72. The van der Waals surface area contributed by atoms with Gasteiger partial charge in [0.2, 0.25) is 11.8 Å². The summed E-state index contributed by atoms with van der Waals surface area (Å²) in [6.45, 7) is 2.55. The zero-order chi connectivity index (χ0) is 22.8. The van der Waals surface area contributed by atoms with Crippen LogP contribution in [-0.4, -0.2) is 16.8 Å². The molecule has 1 aliphatic heterocycles. The topological polar surface area (TPSA) is 97.0 Å². The van der Waals surface area contributed by atoms with Crippen LogP contribution in [0.5, 0.6) is 11.6 Å². The minimum absolute atomic E-state index is 0.0758. The number of benzene rings is 3. The fourth-order valence-corrected chi connectivity index (χ4v) is 4.18. The minimum atomic E-state index is -0.399. The van der Waals surface area contributed by atoms with Crippen LogP contribution in [0.2, 0.25) is 0 Å². The third-order valence-corrected chi connectivity index (χ3v) is 5.74. The summed E-state index contributed by atoms with van der Waals surface area (Å²) >= 11 is 0. The fraction of sp³-hybridized carbons (Fsp3) is 0.111. The molecule has 0 saturated heterocycles. The third-order valence-electron chi connectivity index (χ3n) is 5.74. The zero-order valence-electron chi connectivity index (χ0n) is 18.1. The van der Waals surface area contributed by atoms with Crippen molar-refractivity contribution in [2.45, 2.75) is 12.8 Å². The Kier molecular flexibility index (Phi) is 5.29. The van der Waals surface area contributed by atoms with Crippen molar-refractivity contribution in [3.63, 3.8) is 0 Å². The lowest BCUT2D eigenvalue weighted by atomic mass is 9.82. The molecule has 2 heterocycles. The Morgan fingerprint density at radius 2 is 1.64 bits per heavy atom. The van der Waals surface area contributed by atoms with Gasteiger partial charge in [0.15, 0.2) is 0 Å². The lowest BCUT2D eigenvalue weighted by Gasteiger charge is -2.24. The molecule has 3 N–H and O–H groups in total. The lowest BCUT2D eigenvalue weighted by Crippen LogP contribution is -2.21. The van der Waals surface area contributed by atoms with Crippen molar-refractivity contribution in [1.82, 2.24) is 10.2 Å². The van der Waals surface area contributed by atoms with Crippen LogP contribution in [0, 0.1) is 11.3 Å². The molecule has 1 aliphatic rings. The maximum atomic E-state index is 9.93. The van der Waals surface area contributed by atoms with Gasteiger partial charge in [-0.1, -0.05) is 54.6 Å². The molecule has 3 aromatic carbocycles. The number of nitrogens with zero attached hydrogens (tertiary/aromatic N) is 2. The van der Waals surface area contributed by atoms with Crippen LogP contribution in [0.25, 0.3) is 22.4 Å². The summed E-state index contributed by atoms with van der Waals surface area (Å²) in [7, 11) is 0. The van der Waals surface area contributed by atoms with E-state index < -0.39 is 5.92 Å². The highest BCUT2D eigenvalue weighted by Crippen LogP contribution is 2.46. The van der Waals surface area contributed by atoms with E-state index in [1.807, 2.05) is 61.5 Å². The second-order valence-corrected chi connectivity index (χ2v) is 7.69. The molecule has 0 radical (unpaired) electrons. The van der Waals surface area contributed by atoms with Crippen LogP contribution in [0.3, 0.4) is 0 Å². The van der Waals surface area contributed by atoms with Crippen LogP contribution in [0.15, 0.2) is 90.3 Å². The van der Waals surface area contributed by atoms with E-state index in [4.69, 9.17) is 15.2 Å². The highest BCUT2D eigenvalue weighted by Gasteiger charge is 2.35. The average molecular weight is 434 g/mol. The summed E-state index contributed by atoms with van der Waals surface area (Å²) in [6.07, 6.45) is 0. The van der Waals surface area contributed by atoms with Crippen molar-refractivity contribution in [2.75, 3.05) is 6.61 Å². The first kappa shape index (κ1) is 20.4. The number of fused-ring (bicyclic) bond motifs is 1. The van der Waals surface area contributed by atoms with E-state index in [0.29, 0.717) is 18.1 Å². The summed E-state index contributed by atoms with van der Waals surface area (Å²) in [4.78, 5) is 0. The standard InChI is InChI=1S/C27H22N4O2/c1-2-32-21-14-12-20(13-15-21)25-24-23(22(16-28)26(29)33-27(24)31-30-25)19-10-8-18(9-11-19)17-6-4-3-5-7-17/h3-15,23H,2,29H2,1H3,(H,30,31)/t23-/m0/s1. The van der Waals surface area contributed by atoms with Crippen molar-refractivity contribution < 1.29 is 9.47 Å². The van der Waals surface area contributed by atoms with Gasteiger partial charge in [-0.2, -0.15) is 5.26 Å². The van der Waals surface area contributed by atoms with E-state index >= 15 is 0 Å². The number of nitrogens with one attached hydrogen (secondary N) is 1. The quantitative estimate of drug-likeness (QED) is 0.441. The smallest absolute Gasteiger partial charge is 0.244 e. The van der Waals surface area contributed by atoms with Crippen molar-refractivity contribution >= 4 is 0 Å². The van der Waals surface area contributed by atoms with Gasteiger partial charge in [0, 0.05) is 5.56 Å². The zero-order valence-corrected chi connectivity index (χ0v) is 18.1. The molecule has 162 valence electrons. The monoisotopic (exact) mass is 434 g/mol. The number of hydrogen-bond donors (Lipinski definition) is 2. The normalized spacial score (nSPS) is 14.8. The number of aromatic amines is 1. The molecule has 0 aliphatic carbocycles. The highest BCUT2D eigenvalue weighted by atomic mass is 16.5. The van der Waals surface area contributed by atoms with Crippen molar-refractivity contribution in [1.29, 1.82) is 5.26 Å².